The molecular weight excluding hydrogens is 609 g/mol. The number of carbonyl (C=O) groups excluding carboxylic acids is 1. The average molecular weight is 643 g/mol. The number of hydrogen-bond donors (Lipinski definition) is 1. The summed E-state index contributed by atoms with van der Waals surface area (Å²) in [6, 6.07) is 22.4. The monoisotopic (exact) mass is 641 g/mol. The van der Waals surface area contributed by atoms with Crippen LogP contribution in [0.3, 0.4) is 0 Å². The van der Waals surface area contributed by atoms with Gasteiger partial charge in [0.05, 0.1) is 11.3 Å². The number of anilines is 1. The molecule has 2 aliphatic rings. The molecule has 1 amide bonds. The maximum Gasteiger partial charge on any atom is 0.257 e. The molecule has 0 spiro atoms. The number of sulfone groups is 1. The average Bonchev–Trinajstić information content (AvgIpc) is 3.49. The van der Waals surface area contributed by atoms with Crippen LogP contribution in [0.25, 0.3) is 0 Å². The molecule has 0 saturated carbocycles. The Labute approximate surface area is 263 Å². The van der Waals surface area contributed by atoms with Crippen LogP contribution >= 0.6 is 24.8 Å². The number of likely N-dealkylation sites (tertiary alicyclic amines) is 1. The van der Waals surface area contributed by atoms with Gasteiger partial charge in [-0.05, 0) is 44.2 Å². The number of nitrogens with one attached hydrogen (secondary N) is 1. The van der Waals surface area contributed by atoms with Gasteiger partial charge in [-0.1, -0.05) is 53.7 Å². The van der Waals surface area contributed by atoms with E-state index < -0.39 is 15.2 Å². The van der Waals surface area contributed by atoms with Crippen molar-refractivity contribution >= 4 is 52.0 Å². The van der Waals surface area contributed by atoms with Crippen LogP contribution in [-0.4, -0.2) is 60.7 Å². The Morgan fingerprint density at radius 2 is 1.72 bits per heavy atom. The normalized spacial score (nSPS) is 18.2. The van der Waals surface area contributed by atoms with Crippen molar-refractivity contribution in [2.45, 2.75) is 30.1 Å². The molecule has 0 radical (unpaired) electrons. The van der Waals surface area contributed by atoms with Crippen molar-refractivity contribution < 1.29 is 18.0 Å². The smallest absolute Gasteiger partial charge is 0.257 e. The molecule has 12 heteroatoms. The number of oxime groups is 1. The van der Waals surface area contributed by atoms with Crippen molar-refractivity contribution in [2.75, 3.05) is 25.5 Å². The molecule has 0 aliphatic carbocycles. The van der Waals surface area contributed by atoms with Crippen molar-refractivity contribution in [1.29, 1.82) is 0 Å². The fourth-order valence-electron chi connectivity index (χ4n) is 5.42. The Kier molecular flexibility index (Phi) is 10.3. The van der Waals surface area contributed by atoms with Crippen LogP contribution in [0.4, 0.5) is 5.69 Å². The molecule has 9 nitrogen and oxygen atoms in total. The second kappa shape index (κ2) is 13.7. The van der Waals surface area contributed by atoms with E-state index in [0.29, 0.717) is 28.2 Å². The molecule has 1 saturated heterocycles. The van der Waals surface area contributed by atoms with E-state index >= 15 is 0 Å². The Morgan fingerprint density at radius 1 is 0.977 bits per heavy atom. The predicted molar refractivity (Wildman–Crippen MR) is 172 cm³/mol. The highest BCUT2D eigenvalue weighted by Crippen LogP contribution is 2.37. The summed E-state index contributed by atoms with van der Waals surface area (Å²) in [6.07, 6.45) is 6.68. The van der Waals surface area contributed by atoms with Crippen LogP contribution in [-0.2, 0) is 20.4 Å². The van der Waals surface area contributed by atoms with Gasteiger partial charge in [0.15, 0.2) is 15.2 Å². The second-order valence-corrected chi connectivity index (χ2v) is 12.5. The molecule has 0 bridgehead atoms. The quantitative estimate of drug-likeness (QED) is 0.216. The lowest BCUT2D eigenvalue weighted by atomic mass is 10.0. The fourth-order valence-corrected chi connectivity index (χ4v) is 7.36. The molecule has 1 fully saturated rings. The zero-order valence-electron chi connectivity index (χ0n) is 23.5. The van der Waals surface area contributed by atoms with Crippen LogP contribution in [0, 0.1) is 0 Å². The minimum absolute atomic E-state index is 0. The van der Waals surface area contributed by atoms with Gasteiger partial charge >= 0.3 is 0 Å². The van der Waals surface area contributed by atoms with E-state index in [1.807, 2.05) is 48.5 Å². The van der Waals surface area contributed by atoms with Crippen LogP contribution in [0.2, 0.25) is 0 Å². The highest BCUT2D eigenvalue weighted by molar-refractivity contribution is 7.91. The fraction of sp³-hybridized carbons (Fsp3) is 0.258. The van der Waals surface area contributed by atoms with Crippen molar-refractivity contribution in [3.05, 3.63) is 119 Å². The van der Waals surface area contributed by atoms with Gasteiger partial charge in [0.25, 0.3) is 5.91 Å². The predicted octanol–water partition coefficient (Wildman–Crippen LogP) is 5.32. The van der Waals surface area contributed by atoms with Crippen LogP contribution < -0.4 is 5.32 Å². The highest BCUT2D eigenvalue weighted by atomic mass is 35.5. The number of benzene rings is 2. The molecule has 1 N–H and O–H groups in total. The van der Waals surface area contributed by atoms with E-state index in [2.05, 4.69) is 27.4 Å². The summed E-state index contributed by atoms with van der Waals surface area (Å²) in [6.45, 7) is 1.94. The summed E-state index contributed by atoms with van der Waals surface area (Å²) in [5.74, 6) is -0.597. The summed E-state index contributed by atoms with van der Waals surface area (Å²) in [5, 5.41) is 6.65. The van der Waals surface area contributed by atoms with Gasteiger partial charge in [0.1, 0.15) is 11.8 Å². The van der Waals surface area contributed by atoms with Crippen molar-refractivity contribution in [2.24, 2.45) is 5.16 Å². The molecule has 6 rings (SSSR count). The van der Waals surface area contributed by atoms with Crippen LogP contribution in [0.1, 0.15) is 51.0 Å². The molecule has 2 aromatic heterocycles. The molecule has 1 atom stereocenters. The SMILES string of the molecule is CN1CCC(ON=C(c2ccccc2)c2cccc(NC(=O)c3ccn4c3CS(=O)(=O)[C@H]4c3cccnc3)c2)CC1.Cl.Cl. The maximum atomic E-state index is 13.4. The number of carbonyl (C=O) groups is 1. The summed E-state index contributed by atoms with van der Waals surface area (Å²) < 4.78 is 27.8. The molecule has 2 aliphatic heterocycles. The van der Waals surface area contributed by atoms with Crippen molar-refractivity contribution in [3.8, 4) is 0 Å². The number of fused-ring (bicyclic) bond motifs is 1. The van der Waals surface area contributed by atoms with E-state index in [9.17, 15) is 13.2 Å². The van der Waals surface area contributed by atoms with Crippen LogP contribution in [0.15, 0.2) is 96.5 Å². The first-order chi connectivity index (χ1) is 19.9. The number of amides is 1. The summed E-state index contributed by atoms with van der Waals surface area (Å²) in [4.78, 5) is 25.8. The molecular formula is C31H33Cl2N5O4S. The summed E-state index contributed by atoms with van der Waals surface area (Å²) in [7, 11) is -1.44. The molecule has 4 heterocycles. The lowest BCUT2D eigenvalue weighted by Gasteiger charge is -2.27. The molecule has 226 valence electrons. The number of halogens is 2. The van der Waals surface area contributed by atoms with Crippen molar-refractivity contribution in [3.63, 3.8) is 0 Å². The van der Waals surface area contributed by atoms with E-state index in [1.165, 1.54) is 0 Å². The lowest BCUT2D eigenvalue weighted by Crippen LogP contribution is -2.33. The Bertz CT molecular complexity index is 1690. The molecule has 2 aromatic carbocycles. The third-order valence-electron chi connectivity index (χ3n) is 7.57. The Hall–Kier alpha value is -3.70. The van der Waals surface area contributed by atoms with Gasteiger partial charge in [-0.25, -0.2) is 8.42 Å². The van der Waals surface area contributed by atoms with Gasteiger partial charge < -0.3 is 19.6 Å². The zero-order valence-corrected chi connectivity index (χ0v) is 25.9. The Balaban J connectivity index is 0.00000212. The third-order valence-corrected chi connectivity index (χ3v) is 9.42. The van der Waals surface area contributed by atoms with E-state index in [1.54, 1.807) is 47.4 Å². The van der Waals surface area contributed by atoms with E-state index in [4.69, 9.17) is 4.84 Å². The minimum atomic E-state index is -3.54. The number of rotatable bonds is 7. The first kappa shape index (κ1) is 32.2. The van der Waals surface area contributed by atoms with Gasteiger partial charge in [-0.15, -0.1) is 24.8 Å². The number of piperidine rings is 1. The third kappa shape index (κ3) is 6.94. The number of hydrogen-bond acceptors (Lipinski definition) is 7. The number of pyridine rings is 1. The molecule has 0 unspecified atom stereocenters. The van der Waals surface area contributed by atoms with Crippen LogP contribution in [0.5, 0.6) is 0 Å². The van der Waals surface area contributed by atoms with E-state index in [-0.39, 0.29) is 42.6 Å². The number of aromatic nitrogens is 2. The summed E-state index contributed by atoms with van der Waals surface area (Å²) in [5.41, 5.74) is 4.30. The molecule has 4 aromatic rings. The first-order valence-corrected chi connectivity index (χ1v) is 15.3. The number of nitrogens with zero attached hydrogens (tertiary/aromatic N) is 4. The largest absolute Gasteiger partial charge is 0.392 e. The lowest BCUT2D eigenvalue weighted by molar-refractivity contribution is 0.0163. The minimum Gasteiger partial charge on any atom is -0.392 e. The highest BCUT2D eigenvalue weighted by Gasteiger charge is 2.40. The topological polar surface area (TPSA) is 106 Å². The Morgan fingerprint density at radius 3 is 2.44 bits per heavy atom. The maximum absolute atomic E-state index is 13.4. The van der Waals surface area contributed by atoms with Gasteiger partial charge in [-0.2, -0.15) is 0 Å². The van der Waals surface area contributed by atoms with Gasteiger partial charge in [-0.3, -0.25) is 9.78 Å². The summed E-state index contributed by atoms with van der Waals surface area (Å²) >= 11 is 0. The van der Waals surface area contributed by atoms with Crippen molar-refractivity contribution in [1.82, 2.24) is 14.5 Å². The van der Waals surface area contributed by atoms with E-state index in [0.717, 1.165) is 37.1 Å². The first-order valence-electron chi connectivity index (χ1n) is 13.6. The van der Waals surface area contributed by atoms with Gasteiger partial charge in [0.2, 0.25) is 0 Å². The molecule has 43 heavy (non-hydrogen) atoms. The zero-order chi connectivity index (χ0) is 28.4. The standard InChI is InChI=1S/C31H31N5O4S.2ClH/c1-35-16-12-26(13-17-35)40-34-29(22-7-3-2-4-8-22)23-9-5-11-25(19-23)33-30(37)27-14-18-36-28(27)21-41(38,39)31(36)24-10-6-15-32-20-24;;/h2-11,14-15,18-20,26,31H,12-13,16-17,21H2,1H3,(H,33,37);2*1H/t31-;;/m0../s1. The second-order valence-electron chi connectivity index (χ2n) is 10.5. The van der Waals surface area contributed by atoms with Gasteiger partial charge in [0, 0.05) is 59.8 Å².